The van der Waals surface area contributed by atoms with E-state index in [0.29, 0.717) is 12.8 Å². The predicted molar refractivity (Wildman–Crippen MR) is 234 cm³/mol. The molecule has 14 nitrogen and oxygen atoms in total. The number of piperidine rings is 1. The van der Waals surface area contributed by atoms with Crippen molar-refractivity contribution in [3.05, 3.63) is 84.2 Å². The average molecular weight is 830 g/mol. The van der Waals surface area contributed by atoms with E-state index >= 15 is 0 Å². The molecule has 0 aromatic heterocycles. The van der Waals surface area contributed by atoms with Gasteiger partial charge in [-0.25, -0.2) is 35.3 Å². The summed E-state index contributed by atoms with van der Waals surface area (Å²) in [4.78, 5) is 63.2. The first-order valence-electron chi connectivity index (χ1n) is 21.4. The van der Waals surface area contributed by atoms with Crippen LogP contribution in [0.25, 0.3) is 33.0 Å². The van der Waals surface area contributed by atoms with Crippen LogP contribution in [0.1, 0.15) is 90.2 Å². The molecule has 3 unspecified atom stereocenters. The number of urea groups is 1. The van der Waals surface area contributed by atoms with Crippen LogP contribution >= 0.6 is 0 Å². The lowest BCUT2D eigenvalue weighted by atomic mass is 9.74. The van der Waals surface area contributed by atoms with Gasteiger partial charge in [0.1, 0.15) is 12.3 Å². The van der Waals surface area contributed by atoms with Gasteiger partial charge in [0.25, 0.3) is 0 Å². The molecule has 3 aromatic rings. The Morgan fingerprint density at radius 2 is 1.25 bits per heavy atom. The molecule has 4 aliphatic heterocycles. The minimum Gasteiger partial charge on any atom is -0.452 e. The fraction of sp³-hybridized carbons (Fsp3) is 0.447. The molecule has 3 fully saturated rings. The van der Waals surface area contributed by atoms with E-state index in [0.717, 1.165) is 94.1 Å². The zero-order chi connectivity index (χ0) is 42.9. The highest BCUT2D eigenvalue weighted by Crippen LogP contribution is 2.41. The molecular formula is C47H55N7O7. The van der Waals surface area contributed by atoms with E-state index in [1.165, 1.54) is 24.2 Å². The zero-order valence-corrected chi connectivity index (χ0v) is 35.7. The summed E-state index contributed by atoms with van der Waals surface area (Å²) in [5.74, 6) is -0.331. The number of allylic oxidation sites excluding steroid dienone is 2. The van der Waals surface area contributed by atoms with E-state index in [4.69, 9.17) is 24.2 Å². The maximum atomic E-state index is 13.8. The second-order valence-electron chi connectivity index (χ2n) is 17.1. The Morgan fingerprint density at radius 3 is 1.92 bits per heavy atom. The maximum Gasteiger partial charge on any atom is 0.425 e. The number of carbonyl (C=O) groups excluding carboxylic acids is 4. The van der Waals surface area contributed by atoms with Gasteiger partial charge in [-0.1, -0.05) is 61.4 Å². The number of benzene rings is 3. The number of hydrazine groups is 2. The molecule has 2 saturated heterocycles. The third kappa shape index (κ3) is 8.37. The molecule has 61 heavy (non-hydrogen) atoms. The number of hydrogen-bond donors (Lipinski definition) is 2. The first-order chi connectivity index (χ1) is 29.4. The van der Waals surface area contributed by atoms with E-state index in [-0.39, 0.29) is 54.2 Å². The number of ether oxygens (including phenoxy) is 3. The van der Waals surface area contributed by atoms with Gasteiger partial charge in [-0.3, -0.25) is 19.7 Å². The van der Waals surface area contributed by atoms with E-state index in [9.17, 15) is 19.2 Å². The number of methoxy groups -OCH3 is 2. The number of hydrogen-bond acceptors (Lipinski definition) is 9. The SMILES string of the molecule is COC(=O)NN(C(=O)[C@@H]1CCCCC1C1=NC=C(c2ccc3cc(-c4ccc(C5=CN=C([C@@H]6C7CCC(O7)N6C(=O)N(NC(=O)OC)C(C)C)C5)cc4)ccc3c2)C1)C(C)C. The number of nitrogens with zero attached hydrogens (tertiary/aromatic N) is 5. The van der Waals surface area contributed by atoms with E-state index in [2.05, 4.69) is 71.5 Å². The van der Waals surface area contributed by atoms with Gasteiger partial charge in [0.2, 0.25) is 5.91 Å². The van der Waals surface area contributed by atoms with Gasteiger partial charge in [-0.15, -0.1) is 0 Å². The number of aliphatic imine (C=N–C) groups is 2. The highest BCUT2D eigenvalue weighted by Gasteiger charge is 2.53. The number of nitrogens with one attached hydrogen (secondary N) is 2. The molecule has 5 amide bonds. The van der Waals surface area contributed by atoms with Crippen molar-refractivity contribution in [2.24, 2.45) is 21.8 Å². The summed E-state index contributed by atoms with van der Waals surface area (Å²) in [6.07, 6.45) is 8.50. The van der Waals surface area contributed by atoms with Crippen molar-refractivity contribution in [3.8, 4) is 11.1 Å². The van der Waals surface area contributed by atoms with E-state index in [1.807, 2.05) is 40.1 Å². The van der Waals surface area contributed by atoms with Gasteiger partial charge >= 0.3 is 18.2 Å². The van der Waals surface area contributed by atoms with Gasteiger partial charge in [-0.05, 0) is 110 Å². The van der Waals surface area contributed by atoms with Crippen LogP contribution in [-0.4, -0.2) is 95.1 Å². The van der Waals surface area contributed by atoms with Crippen molar-refractivity contribution < 1.29 is 33.4 Å². The van der Waals surface area contributed by atoms with Crippen LogP contribution < -0.4 is 10.9 Å². The second-order valence-corrected chi connectivity index (χ2v) is 17.1. The van der Waals surface area contributed by atoms with Gasteiger partial charge in [0, 0.05) is 60.6 Å². The monoisotopic (exact) mass is 829 g/mol. The Labute approximate surface area is 356 Å². The summed E-state index contributed by atoms with van der Waals surface area (Å²) < 4.78 is 15.8. The second kappa shape index (κ2) is 17.5. The minimum atomic E-state index is -0.706. The Hall–Kier alpha value is -6.02. The number of amides is 5. The van der Waals surface area contributed by atoms with Crippen molar-refractivity contribution >= 4 is 57.5 Å². The normalized spacial score (nSPS) is 23.1. The zero-order valence-electron chi connectivity index (χ0n) is 35.7. The standard InChI is InChI=1S/C47H55N7O7/c1-27(2)53(50-45(56)59-5)44(55)38-10-8-7-9-37(38)39-23-36(26-48-39)34-18-17-32-21-31(15-16-33(32)22-34)29-11-13-30(14-12-29)35-24-40(49-25-35)43-41-19-20-42(61-41)52(43)47(58)54(28(3)4)51-46(57)60-6/h11-18,21-22,25-28,37-38,41-43H,7-10,19-20,23-24H2,1-6H3,(H,50,56)(H,51,57)/t37?,38-,41?,42?,43-/m1/s1. The minimum absolute atomic E-state index is 0.0156. The Balaban J connectivity index is 0.906. The highest BCUT2D eigenvalue weighted by atomic mass is 16.6. The van der Waals surface area contributed by atoms with Crippen molar-refractivity contribution in [1.29, 1.82) is 0 Å². The molecule has 2 bridgehead atoms. The Bertz CT molecular complexity index is 2330. The van der Waals surface area contributed by atoms with Gasteiger partial charge < -0.3 is 14.2 Å². The summed E-state index contributed by atoms with van der Waals surface area (Å²) in [7, 11) is 2.56. The number of likely N-dealkylation sites (tertiary alicyclic amines) is 1. The predicted octanol–water partition coefficient (Wildman–Crippen LogP) is 8.48. The maximum absolute atomic E-state index is 13.8. The number of fused-ring (bicyclic) bond motifs is 3. The van der Waals surface area contributed by atoms with Crippen LogP contribution in [-0.2, 0) is 19.0 Å². The molecular weight excluding hydrogens is 775 g/mol. The van der Waals surface area contributed by atoms with E-state index in [1.54, 1.807) is 4.90 Å². The Morgan fingerprint density at radius 1 is 0.689 bits per heavy atom. The summed E-state index contributed by atoms with van der Waals surface area (Å²) in [6, 6.07) is 20.4. The van der Waals surface area contributed by atoms with Crippen molar-refractivity contribution in [2.45, 2.75) is 110 Å². The van der Waals surface area contributed by atoms with Crippen LogP contribution in [0.4, 0.5) is 14.4 Å². The fourth-order valence-corrected chi connectivity index (χ4v) is 9.47. The van der Waals surface area contributed by atoms with Crippen LogP contribution in [0.15, 0.2) is 83.0 Å². The van der Waals surface area contributed by atoms with Gasteiger partial charge in [0.05, 0.1) is 20.3 Å². The molecule has 3 aromatic carbocycles. The van der Waals surface area contributed by atoms with Crippen molar-refractivity contribution in [2.75, 3.05) is 14.2 Å². The molecule has 5 aliphatic rings. The lowest BCUT2D eigenvalue weighted by molar-refractivity contribution is -0.142. The van der Waals surface area contributed by atoms with Crippen LogP contribution in [0, 0.1) is 11.8 Å². The third-order valence-electron chi connectivity index (χ3n) is 12.7. The molecule has 5 atom stereocenters. The molecule has 8 rings (SSSR count). The third-order valence-corrected chi connectivity index (χ3v) is 12.7. The molecule has 320 valence electrons. The van der Waals surface area contributed by atoms with Gasteiger partial charge in [-0.2, -0.15) is 0 Å². The smallest absolute Gasteiger partial charge is 0.425 e. The molecule has 0 radical (unpaired) electrons. The topological polar surface area (TPSA) is 154 Å². The summed E-state index contributed by atoms with van der Waals surface area (Å²) >= 11 is 0. The summed E-state index contributed by atoms with van der Waals surface area (Å²) in [5.41, 5.74) is 13.7. The molecule has 2 N–H and O–H groups in total. The fourth-order valence-electron chi connectivity index (χ4n) is 9.47. The van der Waals surface area contributed by atoms with Gasteiger partial charge in [0.15, 0.2) is 0 Å². The van der Waals surface area contributed by atoms with Crippen LogP contribution in [0.2, 0.25) is 0 Å². The van der Waals surface area contributed by atoms with Crippen LogP contribution in [0.5, 0.6) is 0 Å². The average Bonchev–Trinajstić information content (AvgIpc) is 4.12. The molecule has 0 spiro atoms. The number of rotatable bonds is 8. The van der Waals surface area contributed by atoms with Crippen molar-refractivity contribution in [1.82, 2.24) is 25.8 Å². The lowest BCUT2D eigenvalue weighted by Crippen LogP contribution is -2.60. The highest BCUT2D eigenvalue weighted by molar-refractivity contribution is 6.04. The van der Waals surface area contributed by atoms with Crippen molar-refractivity contribution in [3.63, 3.8) is 0 Å². The first-order valence-corrected chi connectivity index (χ1v) is 21.4. The molecule has 4 heterocycles. The van der Waals surface area contributed by atoms with Crippen LogP contribution in [0.3, 0.4) is 0 Å². The first kappa shape index (κ1) is 41.7. The quantitative estimate of drug-likeness (QED) is 0.216. The largest absolute Gasteiger partial charge is 0.452 e. The summed E-state index contributed by atoms with van der Waals surface area (Å²) in [6.45, 7) is 7.43. The van der Waals surface area contributed by atoms with E-state index < -0.39 is 12.2 Å². The molecule has 1 aliphatic carbocycles. The molecule has 1 saturated carbocycles. The Kier molecular flexibility index (Phi) is 12.0. The molecule has 14 heteroatoms. The number of carbonyl (C=O) groups is 4. The summed E-state index contributed by atoms with van der Waals surface area (Å²) in [5, 5.41) is 4.98. The lowest BCUT2D eigenvalue weighted by Gasteiger charge is -2.37.